The van der Waals surface area contributed by atoms with E-state index in [1.165, 1.54) is 5.56 Å². The Labute approximate surface area is 141 Å². The minimum atomic E-state index is -0.158. The molecule has 3 aromatic rings. The number of nitrogens with zero attached hydrogens (tertiary/aromatic N) is 2. The molecular formula is C19H22N4O. The molecule has 0 unspecified atom stereocenters. The Bertz CT molecular complexity index is 839. The van der Waals surface area contributed by atoms with Crippen LogP contribution in [0.3, 0.4) is 0 Å². The standard InChI is InChI=1S/C19H22N4O/c1-12(2)18(23-17(24)11-14-6-4-5-9-20-14)19-21-15-8-7-13(3)10-16(15)22-19/h4-10,12,18H,11H2,1-3H3,(H,21,22)(H,23,24)/t18-/m0/s1. The van der Waals surface area contributed by atoms with Crippen molar-refractivity contribution in [2.75, 3.05) is 0 Å². The number of carbonyl (C=O) groups is 1. The van der Waals surface area contributed by atoms with Gasteiger partial charge in [-0.25, -0.2) is 4.98 Å². The van der Waals surface area contributed by atoms with E-state index in [9.17, 15) is 4.79 Å². The van der Waals surface area contributed by atoms with Crippen LogP contribution in [-0.2, 0) is 11.2 Å². The summed E-state index contributed by atoms with van der Waals surface area (Å²) in [6.45, 7) is 6.20. The molecule has 0 aliphatic carbocycles. The summed E-state index contributed by atoms with van der Waals surface area (Å²) in [6, 6.07) is 11.5. The molecule has 2 aromatic heterocycles. The molecule has 0 radical (unpaired) electrons. The van der Waals surface area contributed by atoms with Crippen molar-refractivity contribution in [2.45, 2.75) is 33.2 Å². The number of carbonyl (C=O) groups excluding carboxylic acids is 1. The Morgan fingerprint density at radius 2 is 2.08 bits per heavy atom. The topological polar surface area (TPSA) is 70.7 Å². The Hall–Kier alpha value is -2.69. The summed E-state index contributed by atoms with van der Waals surface area (Å²) in [5, 5.41) is 3.08. The molecule has 0 aliphatic heterocycles. The van der Waals surface area contributed by atoms with E-state index in [1.807, 2.05) is 30.3 Å². The molecule has 5 heteroatoms. The van der Waals surface area contributed by atoms with Gasteiger partial charge in [-0.15, -0.1) is 0 Å². The summed E-state index contributed by atoms with van der Waals surface area (Å²) in [5.41, 5.74) is 3.85. The summed E-state index contributed by atoms with van der Waals surface area (Å²) in [5.74, 6) is 0.961. The fourth-order valence-corrected chi connectivity index (χ4v) is 2.73. The van der Waals surface area contributed by atoms with Gasteiger partial charge in [-0.2, -0.15) is 0 Å². The lowest BCUT2D eigenvalue weighted by Crippen LogP contribution is -2.33. The Morgan fingerprint density at radius 1 is 1.25 bits per heavy atom. The minimum Gasteiger partial charge on any atom is -0.346 e. The fraction of sp³-hybridized carbons (Fsp3) is 0.316. The van der Waals surface area contributed by atoms with Crippen LogP contribution in [0, 0.1) is 12.8 Å². The predicted molar refractivity (Wildman–Crippen MR) is 94.5 cm³/mol. The largest absolute Gasteiger partial charge is 0.346 e. The highest BCUT2D eigenvalue weighted by atomic mass is 16.1. The van der Waals surface area contributed by atoms with Gasteiger partial charge >= 0.3 is 0 Å². The van der Waals surface area contributed by atoms with Gasteiger partial charge in [-0.1, -0.05) is 26.0 Å². The van der Waals surface area contributed by atoms with E-state index in [0.29, 0.717) is 0 Å². The first-order chi connectivity index (χ1) is 11.5. The Balaban J connectivity index is 1.79. The van der Waals surface area contributed by atoms with E-state index in [0.717, 1.165) is 22.6 Å². The van der Waals surface area contributed by atoms with Gasteiger partial charge in [0.05, 0.1) is 23.5 Å². The number of fused-ring (bicyclic) bond motifs is 1. The highest BCUT2D eigenvalue weighted by Gasteiger charge is 2.22. The average molecular weight is 322 g/mol. The third-order valence-corrected chi connectivity index (χ3v) is 4.00. The van der Waals surface area contributed by atoms with Crippen LogP contribution in [0.5, 0.6) is 0 Å². The molecule has 124 valence electrons. The summed E-state index contributed by atoms with van der Waals surface area (Å²) in [4.78, 5) is 24.6. The van der Waals surface area contributed by atoms with Crippen LogP contribution >= 0.6 is 0 Å². The molecule has 1 atom stereocenters. The van der Waals surface area contributed by atoms with E-state index in [1.54, 1.807) is 6.20 Å². The van der Waals surface area contributed by atoms with Crippen LogP contribution in [0.15, 0.2) is 42.6 Å². The first-order valence-electron chi connectivity index (χ1n) is 8.18. The van der Waals surface area contributed by atoms with E-state index < -0.39 is 0 Å². The van der Waals surface area contributed by atoms with Crippen molar-refractivity contribution in [3.63, 3.8) is 0 Å². The number of hydrogen-bond acceptors (Lipinski definition) is 3. The molecule has 0 spiro atoms. The maximum absolute atomic E-state index is 12.4. The van der Waals surface area contributed by atoms with Crippen LogP contribution in [-0.4, -0.2) is 20.9 Å². The second-order valence-corrected chi connectivity index (χ2v) is 6.43. The van der Waals surface area contributed by atoms with Gasteiger partial charge in [0.25, 0.3) is 0 Å². The summed E-state index contributed by atoms with van der Waals surface area (Å²) in [7, 11) is 0. The quantitative estimate of drug-likeness (QED) is 0.757. The summed E-state index contributed by atoms with van der Waals surface area (Å²) < 4.78 is 0. The number of benzene rings is 1. The van der Waals surface area contributed by atoms with E-state index >= 15 is 0 Å². The zero-order valence-corrected chi connectivity index (χ0v) is 14.2. The van der Waals surface area contributed by atoms with Crippen LogP contribution in [0.2, 0.25) is 0 Å². The van der Waals surface area contributed by atoms with Gasteiger partial charge in [-0.3, -0.25) is 9.78 Å². The van der Waals surface area contributed by atoms with Crippen molar-refractivity contribution < 1.29 is 4.79 Å². The van der Waals surface area contributed by atoms with Crippen molar-refractivity contribution in [2.24, 2.45) is 5.92 Å². The molecule has 1 amide bonds. The third-order valence-electron chi connectivity index (χ3n) is 4.00. The minimum absolute atomic E-state index is 0.0518. The van der Waals surface area contributed by atoms with E-state index in [2.05, 4.69) is 47.1 Å². The number of amides is 1. The molecule has 0 fully saturated rings. The third kappa shape index (κ3) is 3.62. The zero-order valence-electron chi connectivity index (χ0n) is 14.2. The monoisotopic (exact) mass is 322 g/mol. The Kier molecular flexibility index (Phi) is 4.60. The number of imidazole rings is 1. The number of aromatic nitrogens is 3. The van der Waals surface area contributed by atoms with Gasteiger partial charge in [0.2, 0.25) is 5.91 Å². The Morgan fingerprint density at radius 3 is 2.79 bits per heavy atom. The molecule has 0 saturated heterocycles. The maximum Gasteiger partial charge on any atom is 0.226 e. The SMILES string of the molecule is Cc1ccc2nc([C@@H](NC(=O)Cc3ccccn3)C(C)C)[nH]c2c1. The van der Waals surface area contributed by atoms with Crippen molar-refractivity contribution in [1.82, 2.24) is 20.3 Å². The first kappa shape index (κ1) is 16.2. The molecule has 2 N–H and O–H groups in total. The highest BCUT2D eigenvalue weighted by molar-refractivity contribution is 5.79. The zero-order chi connectivity index (χ0) is 17.1. The number of pyridine rings is 1. The number of rotatable bonds is 5. The number of H-pyrrole nitrogens is 1. The summed E-state index contributed by atoms with van der Waals surface area (Å²) >= 11 is 0. The van der Waals surface area contributed by atoms with E-state index in [4.69, 9.17) is 0 Å². The lowest BCUT2D eigenvalue weighted by Gasteiger charge is -2.20. The highest BCUT2D eigenvalue weighted by Crippen LogP contribution is 2.23. The maximum atomic E-state index is 12.4. The number of nitrogens with one attached hydrogen (secondary N) is 2. The normalized spacial score (nSPS) is 12.5. The molecular weight excluding hydrogens is 300 g/mol. The van der Waals surface area contributed by atoms with E-state index in [-0.39, 0.29) is 24.3 Å². The van der Waals surface area contributed by atoms with Crippen molar-refractivity contribution >= 4 is 16.9 Å². The first-order valence-corrected chi connectivity index (χ1v) is 8.18. The molecule has 5 nitrogen and oxygen atoms in total. The smallest absolute Gasteiger partial charge is 0.226 e. The van der Waals surface area contributed by atoms with Gasteiger partial charge < -0.3 is 10.3 Å². The molecule has 24 heavy (non-hydrogen) atoms. The van der Waals surface area contributed by atoms with Crippen molar-refractivity contribution in [1.29, 1.82) is 0 Å². The van der Waals surface area contributed by atoms with Gasteiger partial charge in [0.15, 0.2) is 0 Å². The number of aryl methyl sites for hydroxylation is 1. The van der Waals surface area contributed by atoms with Crippen molar-refractivity contribution in [3.05, 3.63) is 59.7 Å². The molecule has 1 aromatic carbocycles. The van der Waals surface area contributed by atoms with Gasteiger partial charge in [0.1, 0.15) is 5.82 Å². The second-order valence-electron chi connectivity index (χ2n) is 6.43. The van der Waals surface area contributed by atoms with Crippen LogP contribution < -0.4 is 5.32 Å². The van der Waals surface area contributed by atoms with Crippen LogP contribution in [0.4, 0.5) is 0 Å². The number of aromatic amines is 1. The molecule has 0 saturated carbocycles. The van der Waals surface area contributed by atoms with Crippen molar-refractivity contribution in [3.8, 4) is 0 Å². The summed E-state index contributed by atoms with van der Waals surface area (Å²) in [6.07, 6.45) is 1.97. The lowest BCUT2D eigenvalue weighted by molar-refractivity contribution is -0.121. The van der Waals surface area contributed by atoms with Crippen LogP contribution in [0.25, 0.3) is 11.0 Å². The van der Waals surface area contributed by atoms with Crippen LogP contribution in [0.1, 0.15) is 37.0 Å². The molecule has 0 aliphatic rings. The average Bonchev–Trinajstić information content (AvgIpc) is 2.96. The predicted octanol–water partition coefficient (Wildman–Crippen LogP) is 3.32. The molecule has 2 heterocycles. The molecule has 3 rings (SSSR count). The van der Waals surface area contributed by atoms with Gasteiger partial charge in [-0.05, 0) is 42.7 Å². The fourth-order valence-electron chi connectivity index (χ4n) is 2.73. The number of hydrogen-bond donors (Lipinski definition) is 2. The lowest BCUT2D eigenvalue weighted by atomic mass is 10.0. The second kappa shape index (κ2) is 6.83. The van der Waals surface area contributed by atoms with Gasteiger partial charge in [0, 0.05) is 11.9 Å². The molecule has 0 bridgehead atoms.